The van der Waals surface area contributed by atoms with Crippen LogP contribution in [0.2, 0.25) is 5.02 Å². The fourth-order valence-electron chi connectivity index (χ4n) is 2.58. The van der Waals surface area contributed by atoms with Crippen molar-refractivity contribution in [1.29, 1.82) is 0 Å². The third-order valence-corrected chi connectivity index (χ3v) is 4.20. The van der Waals surface area contributed by atoms with Crippen molar-refractivity contribution in [3.8, 4) is 11.5 Å². The normalized spacial score (nSPS) is 13.3. The van der Waals surface area contributed by atoms with E-state index in [0.29, 0.717) is 24.7 Å². The number of hydrogen-bond acceptors (Lipinski definition) is 7. The molecule has 2 N–H and O–H groups in total. The van der Waals surface area contributed by atoms with Crippen molar-refractivity contribution < 1.29 is 33.3 Å². The van der Waals surface area contributed by atoms with Crippen LogP contribution in [0.5, 0.6) is 11.5 Å². The number of urea groups is 1. The molecule has 0 saturated heterocycles. The van der Waals surface area contributed by atoms with Gasteiger partial charge in [-0.25, -0.2) is 14.4 Å². The summed E-state index contributed by atoms with van der Waals surface area (Å²) < 4.78 is 21.4. The number of ether oxygens (including phenoxy) is 4. The van der Waals surface area contributed by atoms with E-state index in [1.807, 2.05) is 6.92 Å². The van der Waals surface area contributed by atoms with Gasteiger partial charge in [-0.05, 0) is 32.4 Å². The molecule has 2 rings (SSSR count). The Morgan fingerprint density at radius 2 is 1.83 bits per heavy atom. The van der Waals surface area contributed by atoms with Crippen LogP contribution >= 0.6 is 11.6 Å². The van der Waals surface area contributed by atoms with E-state index < -0.39 is 18.0 Å². The maximum Gasteiger partial charge on any atom is 0.338 e. The summed E-state index contributed by atoms with van der Waals surface area (Å²) in [5.74, 6) is -0.625. The minimum absolute atomic E-state index is 0.0265. The third kappa shape index (κ3) is 6.03. The quantitative estimate of drug-likeness (QED) is 0.538. The zero-order chi connectivity index (χ0) is 22.1. The number of hydrogen-bond donors (Lipinski definition) is 2. The average molecular weight is 441 g/mol. The highest BCUT2D eigenvalue weighted by atomic mass is 35.5. The van der Waals surface area contributed by atoms with Crippen LogP contribution in [0.25, 0.3) is 0 Å². The van der Waals surface area contributed by atoms with Gasteiger partial charge in [-0.15, -0.1) is 0 Å². The molecule has 2 amide bonds. The Labute approximate surface area is 179 Å². The Morgan fingerprint density at radius 1 is 1.07 bits per heavy atom. The van der Waals surface area contributed by atoms with Crippen molar-refractivity contribution in [2.75, 3.05) is 33.0 Å². The second-order valence-corrected chi connectivity index (χ2v) is 6.54. The number of halogens is 1. The molecule has 0 spiro atoms. The number of benzene rings is 1. The van der Waals surface area contributed by atoms with Gasteiger partial charge in [-0.3, -0.25) is 0 Å². The van der Waals surface area contributed by atoms with Crippen molar-refractivity contribution in [2.24, 2.45) is 0 Å². The minimum atomic E-state index is -0.705. The molecule has 1 heterocycles. The zero-order valence-corrected chi connectivity index (χ0v) is 17.9. The lowest BCUT2D eigenvalue weighted by Crippen LogP contribution is -2.45. The number of carbonyl (C=O) groups excluding carboxylic acids is 3. The van der Waals surface area contributed by atoms with E-state index in [-0.39, 0.29) is 41.6 Å². The second kappa shape index (κ2) is 11.3. The molecule has 0 fully saturated rings. The van der Waals surface area contributed by atoms with E-state index in [1.54, 1.807) is 13.8 Å². The summed E-state index contributed by atoms with van der Waals surface area (Å²) in [5, 5.41) is 5.16. The summed E-state index contributed by atoms with van der Waals surface area (Å²) in [6, 6.07) is 2.39. The molecule has 0 aliphatic carbocycles. The van der Waals surface area contributed by atoms with Gasteiger partial charge < -0.3 is 29.6 Å². The third-order valence-electron chi connectivity index (χ3n) is 3.92. The van der Waals surface area contributed by atoms with Crippen LogP contribution in [0.3, 0.4) is 0 Å². The van der Waals surface area contributed by atoms with Crippen LogP contribution in [-0.4, -0.2) is 50.9 Å². The second-order valence-electron chi connectivity index (χ2n) is 6.13. The number of nitrogens with one attached hydrogen (secondary N) is 2. The van der Waals surface area contributed by atoms with E-state index in [9.17, 15) is 14.4 Å². The number of rotatable bonds is 10. The smallest absolute Gasteiger partial charge is 0.338 e. The standard InChI is InChI=1S/C20H25ClN2O7/c1-4-7-29-17-14(21)8-12(9-16(17)27-5-2)18(24)30-11-15-13(19(25)28-6-3)10-22-20(26)23-15/h8-9H,4-7,10-11H2,1-3H3,(H2,22,23,26). The van der Waals surface area contributed by atoms with E-state index in [4.69, 9.17) is 30.5 Å². The highest BCUT2D eigenvalue weighted by Crippen LogP contribution is 2.37. The van der Waals surface area contributed by atoms with Gasteiger partial charge >= 0.3 is 18.0 Å². The molecule has 1 aliphatic heterocycles. The summed E-state index contributed by atoms with van der Waals surface area (Å²) in [4.78, 5) is 36.2. The van der Waals surface area contributed by atoms with E-state index in [0.717, 1.165) is 6.42 Å². The Morgan fingerprint density at radius 3 is 2.50 bits per heavy atom. The molecule has 0 saturated carbocycles. The highest BCUT2D eigenvalue weighted by molar-refractivity contribution is 6.32. The van der Waals surface area contributed by atoms with Crippen LogP contribution < -0.4 is 20.1 Å². The fourth-order valence-corrected chi connectivity index (χ4v) is 2.85. The summed E-state index contributed by atoms with van der Waals surface area (Å²) in [7, 11) is 0. The number of carbonyl (C=O) groups is 3. The van der Waals surface area contributed by atoms with E-state index >= 15 is 0 Å². The van der Waals surface area contributed by atoms with Gasteiger partial charge in [0.15, 0.2) is 11.5 Å². The van der Waals surface area contributed by atoms with Crippen LogP contribution in [0.1, 0.15) is 37.6 Å². The first-order valence-electron chi connectivity index (χ1n) is 9.61. The minimum Gasteiger partial charge on any atom is -0.490 e. The molecule has 0 unspecified atom stereocenters. The first kappa shape index (κ1) is 23.3. The predicted octanol–water partition coefficient (Wildman–Crippen LogP) is 2.81. The number of amides is 2. The topological polar surface area (TPSA) is 112 Å². The maximum absolute atomic E-state index is 12.6. The van der Waals surface area contributed by atoms with Crippen molar-refractivity contribution in [1.82, 2.24) is 10.6 Å². The van der Waals surface area contributed by atoms with Crippen molar-refractivity contribution >= 4 is 29.6 Å². The van der Waals surface area contributed by atoms with Gasteiger partial charge in [0.2, 0.25) is 0 Å². The SMILES string of the molecule is CCCOc1c(Cl)cc(C(=O)OCC2=C(C(=O)OCC)CNC(=O)N2)cc1OCC. The van der Waals surface area contributed by atoms with Crippen LogP contribution in [0, 0.1) is 0 Å². The summed E-state index contributed by atoms with van der Waals surface area (Å²) >= 11 is 6.27. The summed E-state index contributed by atoms with van der Waals surface area (Å²) in [6.45, 7) is 6.05. The molecule has 1 aliphatic rings. The van der Waals surface area contributed by atoms with Crippen LogP contribution in [0.4, 0.5) is 4.79 Å². The zero-order valence-electron chi connectivity index (χ0n) is 17.1. The first-order chi connectivity index (χ1) is 14.4. The van der Waals surface area contributed by atoms with Crippen LogP contribution in [-0.2, 0) is 14.3 Å². The molecular weight excluding hydrogens is 416 g/mol. The molecule has 164 valence electrons. The molecule has 0 radical (unpaired) electrons. The summed E-state index contributed by atoms with van der Waals surface area (Å²) in [6.07, 6.45) is 0.782. The molecule has 0 bridgehead atoms. The lowest BCUT2D eigenvalue weighted by atomic mass is 10.1. The van der Waals surface area contributed by atoms with Crippen molar-refractivity contribution in [3.63, 3.8) is 0 Å². The lowest BCUT2D eigenvalue weighted by molar-refractivity contribution is -0.138. The lowest BCUT2D eigenvalue weighted by Gasteiger charge is -2.21. The molecular formula is C20H25ClN2O7. The van der Waals surface area contributed by atoms with Gasteiger partial charge in [0.05, 0.1) is 48.2 Å². The van der Waals surface area contributed by atoms with Gasteiger partial charge in [0.25, 0.3) is 0 Å². The molecule has 9 nitrogen and oxygen atoms in total. The monoisotopic (exact) mass is 440 g/mol. The Hall–Kier alpha value is -2.94. The van der Waals surface area contributed by atoms with Gasteiger partial charge in [-0.1, -0.05) is 18.5 Å². The van der Waals surface area contributed by atoms with Crippen molar-refractivity contribution in [3.05, 3.63) is 34.0 Å². The molecule has 0 atom stereocenters. The molecule has 1 aromatic rings. The Bertz CT molecular complexity index is 839. The van der Waals surface area contributed by atoms with E-state index in [2.05, 4.69) is 10.6 Å². The average Bonchev–Trinajstić information content (AvgIpc) is 2.71. The number of esters is 2. The molecule has 0 aromatic heterocycles. The van der Waals surface area contributed by atoms with Crippen LogP contribution in [0.15, 0.2) is 23.4 Å². The van der Waals surface area contributed by atoms with Crippen molar-refractivity contribution in [2.45, 2.75) is 27.2 Å². The molecule has 30 heavy (non-hydrogen) atoms. The fraction of sp³-hybridized carbons (Fsp3) is 0.450. The molecule has 1 aromatic carbocycles. The Balaban J connectivity index is 2.20. The molecule has 10 heteroatoms. The maximum atomic E-state index is 12.6. The van der Waals surface area contributed by atoms with Gasteiger partial charge in [-0.2, -0.15) is 0 Å². The predicted molar refractivity (Wildman–Crippen MR) is 109 cm³/mol. The highest BCUT2D eigenvalue weighted by Gasteiger charge is 2.25. The first-order valence-corrected chi connectivity index (χ1v) is 9.99. The largest absolute Gasteiger partial charge is 0.490 e. The van der Waals surface area contributed by atoms with Gasteiger partial charge in [0, 0.05) is 0 Å². The van der Waals surface area contributed by atoms with E-state index in [1.165, 1.54) is 12.1 Å². The summed E-state index contributed by atoms with van der Waals surface area (Å²) in [5.41, 5.74) is 0.482. The van der Waals surface area contributed by atoms with Gasteiger partial charge in [0.1, 0.15) is 6.61 Å². The Kier molecular flexibility index (Phi) is 8.79.